The van der Waals surface area contributed by atoms with E-state index >= 15 is 0 Å². The summed E-state index contributed by atoms with van der Waals surface area (Å²) >= 11 is 3.12. The predicted molar refractivity (Wildman–Crippen MR) is 85.5 cm³/mol. The van der Waals surface area contributed by atoms with Crippen LogP contribution in [0, 0.1) is 0 Å². The van der Waals surface area contributed by atoms with E-state index in [1.54, 1.807) is 12.1 Å². The molecule has 5 heteroatoms. The lowest BCUT2D eigenvalue weighted by molar-refractivity contribution is -0.139. The third-order valence-corrected chi connectivity index (χ3v) is 3.39. The van der Waals surface area contributed by atoms with Gasteiger partial charge in [-0.15, -0.1) is 0 Å². The normalized spacial score (nSPS) is 11.9. The number of benzene rings is 2. The van der Waals surface area contributed by atoms with Crippen molar-refractivity contribution in [3.8, 4) is 0 Å². The quantitative estimate of drug-likeness (QED) is 0.871. The average Bonchev–Trinajstić information content (AvgIpc) is 2.45. The predicted octanol–water partition coefficient (Wildman–Crippen LogP) is 3.32. The lowest BCUT2D eigenvalue weighted by Crippen LogP contribution is -2.40. The number of halogens is 1. The van der Waals surface area contributed by atoms with Crippen molar-refractivity contribution in [1.82, 2.24) is 5.32 Å². The lowest BCUT2D eigenvalue weighted by Gasteiger charge is -2.15. The van der Waals surface area contributed by atoms with E-state index in [0.29, 0.717) is 10.0 Å². The Morgan fingerprint density at radius 1 is 1.19 bits per heavy atom. The topological polar surface area (TPSA) is 66.4 Å². The van der Waals surface area contributed by atoms with Crippen LogP contribution >= 0.6 is 15.9 Å². The number of carboxylic acid groups (broad SMARTS) is 1. The number of hydrogen-bond donors (Lipinski definition) is 2. The molecule has 21 heavy (non-hydrogen) atoms. The number of nitrogens with one attached hydrogen (secondary N) is 1. The highest BCUT2D eigenvalue weighted by atomic mass is 79.9. The van der Waals surface area contributed by atoms with Crippen LogP contribution in [0.15, 0.2) is 53.5 Å². The second-order valence-corrected chi connectivity index (χ2v) is 5.73. The maximum atomic E-state index is 12.3. The zero-order chi connectivity index (χ0) is 15.4. The van der Waals surface area contributed by atoms with Gasteiger partial charge in [0.1, 0.15) is 6.04 Å². The molecule has 0 saturated carbocycles. The number of aliphatic carboxylic acids is 1. The zero-order valence-corrected chi connectivity index (χ0v) is 12.8. The highest BCUT2D eigenvalue weighted by molar-refractivity contribution is 9.11. The van der Waals surface area contributed by atoms with Crippen molar-refractivity contribution in [3.05, 3.63) is 59.1 Å². The summed E-state index contributed by atoms with van der Waals surface area (Å²) < 4.78 is 0.521. The molecule has 0 fully saturated rings. The van der Waals surface area contributed by atoms with Crippen LogP contribution in [0.25, 0.3) is 10.8 Å². The van der Waals surface area contributed by atoms with Gasteiger partial charge in [-0.2, -0.15) is 0 Å². The van der Waals surface area contributed by atoms with E-state index in [9.17, 15) is 9.59 Å². The highest BCUT2D eigenvalue weighted by Crippen LogP contribution is 2.19. The van der Waals surface area contributed by atoms with Gasteiger partial charge < -0.3 is 10.4 Å². The molecule has 1 atom stereocenters. The molecule has 4 nitrogen and oxygen atoms in total. The molecule has 0 radical (unpaired) electrons. The first-order valence-electron chi connectivity index (χ1n) is 6.33. The SMILES string of the molecule is C=C(Br)C[C@H](NC(=O)c1cccc2ccccc12)C(=O)O. The van der Waals surface area contributed by atoms with Crippen molar-refractivity contribution in [3.63, 3.8) is 0 Å². The van der Waals surface area contributed by atoms with Crippen LogP contribution in [0.5, 0.6) is 0 Å². The van der Waals surface area contributed by atoms with E-state index in [2.05, 4.69) is 27.8 Å². The fourth-order valence-corrected chi connectivity index (χ4v) is 2.40. The van der Waals surface area contributed by atoms with Crippen molar-refractivity contribution in [1.29, 1.82) is 0 Å². The van der Waals surface area contributed by atoms with Crippen molar-refractivity contribution in [2.45, 2.75) is 12.5 Å². The maximum Gasteiger partial charge on any atom is 0.326 e. The van der Waals surface area contributed by atoms with Gasteiger partial charge in [0, 0.05) is 12.0 Å². The Kier molecular flexibility index (Phi) is 4.75. The summed E-state index contributed by atoms with van der Waals surface area (Å²) in [5, 5.41) is 13.4. The molecule has 108 valence electrons. The molecule has 0 spiro atoms. The van der Waals surface area contributed by atoms with Crippen molar-refractivity contribution >= 4 is 38.6 Å². The first-order chi connectivity index (χ1) is 9.99. The summed E-state index contributed by atoms with van der Waals surface area (Å²) in [6.07, 6.45) is 0.131. The second kappa shape index (κ2) is 6.54. The van der Waals surface area contributed by atoms with Gasteiger partial charge in [0.25, 0.3) is 5.91 Å². The molecule has 0 heterocycles. The van der Waals surface area contributed by atoms with Gasteiger partial charge in [0.2, 0.25) is 0 Å². The number of carboxylic acids is 1. The molecule has 2 N–H and O–H groups in total. The Hall–Kier alpha value is -2.14. The van der Waals surface area contributed by atoms with Crippen LogP contribution in [0.3, 0.4) is 0 Å². The lowest BCUT2D eigenvalue weighted by atomic mass is 10.0. The first-order valence-corrected chi connectivity index (χ1v) is 7.13. The number of carbonyl (C=O) groups excluding carboxylic acids is 1. The fraction of sp³-hybridized carbons (Fsp3) is 0.125. The molecule has 0 saturated heterocycles. The van der Waals surface area contributed by atoms with Gasteiger partial charge in [-0.05, 0) is 21.3 Å². The summed E-state index contributed by atoms with van der Waals surface area (Å²) in [7, 11) is 0. The molecule has 0 bridgehead atoms. The number of carbonyl (C=O) groups is 2. The third-order valence-electron chi connectivity index (χ3n) is 3.06. The molecule has 0 unspecified atom stereocenters. The van der Waals surface area contributed by atoms with Crippen LogP contribution in [-0.4, -0.2) is 23.0 Å². The minimum atomic E-state index is -1.09. The Bertz CT molecular complexity index is 706. The number of fused-ring (bicyclic) bond motifs is 1. The molecule has 0 aliphatic carbocycles. The van der Waals surface area contributed by atoms with E-state index in [1.165, 1.54) is 0 Å². The van der Waals surface area contributed by atoms with Crippen molar-refractivity contribution in [2.75, 3.05) is 0 Å². The average molecular weight is 348 g/mol. The van der Waals surface area contributed by atoms with Crippen molar-refractivity contribution < 1.29 is 14.7 Å². The monoisotopic (exact) mass is 347 g/mol. The first kappa shape index (κ1) is 15.3. The summed E-state index contributed by atoms with van der Waals surface area (Å²) in [4.78, 5) is 23.5. The largest absolute Gasteiger partial charge is 0.480 e. The molecular formula is C16H14BrNO3. The zero-order valence-electron chi connectivity index (χ0n) is 11.2. The molecule has 2 aromatic carbocycles. The molecule has 0 aliphatic heterocycles. The Labute approximate surface area is 130 Å². The summed E-state index contributed by atoms with van der Waals surface area (Å²) in [6, 6.07) is 11.8. The molecule has 2 rings (SSSR count). The summed E-state index contributed by atoms with van der Waals surface area (Å²) in [5.74, 6) is -1.50. The van der Waals surface area contributed by atoms with Crippen LogP contribution < -0.4 is 5.32 Å². The Morgan fingerprint density at radius 2 is 1.86 bits per heavy atom. The van der Waals surface area contributed by atoms with Gasteiger partial charge in [0.05, 0.1) is 0 Å². The molecule has 1 amide bonds. The van der Waals surface area contributed by atoms with Crippen LogP contribution in [0.2, 0.25) is 0 Å². The van der Waals surface area contributed by atoms with Gasteiger partial charge in [-0.1, -0.05) is 58.9 Å². The van der Waals surface area contributed by atoms with Gasteiger partial charge in [-0.25, -0.2) is 4.79 Å². The minimum absolute atomic E-state index is 0.131. The molecule has 2 aromatic rings. The standard InChI is InChI=1S/C16H14BrNO3/c1-10(17)9-14(16(20)21)18-15(19)13-8-4-6-11-5-2-3-7-12(11)13/h2-8,14H,1,9H2,(H,18,19)(H,20,21)/t14-/m0/s1. The van der Waals surface area contributed by atoms with Crippen LogP contribution in [0.1, 0.15) is 16.8 Å². The minimum Gasteiger partial charge on any atom is -0.480 e. The van der Waals surface area contributed by atoms with Gasteiger partial charge in [-0.3, -0.25) is 4.79 Å². The van der Waals surface area contributed by atoms with E-state index < -0.39 is 17.9 Å². The van der Waals surface area contributed by atoms with E-state index in [1.807, 2.05) is 30.3 Å². The van der Waals surface area contributed by atoms with E-state index in [4.69, 9.17) is 5.11 Å². The van der Waals surface area contributed by atoms with Crippen LogP contribution in [0.4, 0.5) is 0 Å². The Balaban J connectivity index is 2.29. The number of amides is 1. The number of hydrogen-bond acceptors (Lipinski definition) is 2. The molecular weight excluding hydrogens is 334 g/mol. The molecule has 0 aromatic heterocycles. The smallest absolute Gasteiger partial charge is 0.326 e. The third kappa shape index (κ3) is 3.70. The fourth-order valence-electron chi connectivity index (χ4n) is 2.08. The summed E-state index contributed by atoms with van der Waals surface area (Å²) in [6.45, 7) is 3.61. The van der Waals surface area contributed by atoms with E-state index in [0.717, 1.165) is 10.8 Å². The van der Waals surface area contributed by atoms with E-state index in [-0.39, 0.29) is 6.42 Å². The maximum absolute atomic E-state index is 12.3. The van der Waals surface area contributed by atoms with Gasteiger partial charge >= 0.3 is 5.97 Å². The van der Waals surface area contributed by atoms with Gasteiger partial charge in [0.15, 0.2) is 0 Å². The Morgan fingerprint density at radius 3 is 2.52 bits per heavy atom. The summed E-state index contributed by atoms with van der Waals surface area (Å²) in [5.41, 5.74) is 0.458. The second-order valence-electron chi connectivity index (χ2n) is 4.61. The van der Waals surface area contributed by atoms with Crippen molar-refractivity contribution in [2.24, 2.45) is 0 Å². The highest BCUT2D eigenvalue weighted by Gasteiger charge is 2.21. The van der Waals surface area contributed by atoms with Crippen LogP contribution in [-0.2, 0) is 4.79 Å². The number of rotatable bonds is 5. The molecule has 0 aliphatic rings.